The molecule has 1 saturated carbocycles. The van der Waals surface area contributed by atoms with Crippen molar-refractivity contribution in [3.63, 3.8) is 0 Å². The zero-order valence-electron chi connectivity index (χ0n) is 24.8. The Bertz CT molecular complexity index is 1480. The van der Waals surface area contributed by atoms with E-state index in [1.165, 1.54) is 24.3 Å². The third-order valence-corrected chi connectivity index (χ3v) is 7.99. The van der Waals surface area contributed by atoms with E-state index in [2.05, 4.69) is 40.1 Å². The fraction of sp³-hybridized carbons (Fsp3) is 0.750. The standard InChI is InChI=1S/C24H31N13O11/c25-33-29-7-16-15(39)6-14(32-36-28)23(45-16)47-21-17(8-38)46-24(19(21)41)48-22-18(40)12(30-34-26)5-13(31-35-27)20(22)44-9-10-2-1-3-11(4-10)37(42)43/h1-4,12-24,38-41H,5-9H2/t12?,13?,14?,15-,16-,17+,18+,19+,20-,21+,22-,23?,24-/m0/s1. The van der Waals surface area contributed by atoms with E-state index in [0.717, 1.165) is 0 Å². The number of hydrogen-bond donors (Lipinski definition) is 4. The summed E-state index contributed by atoms with van der Waals surface area (Å²) in [5, 5.41) is 68.4. The van der Waals surface area contributed by atoms with Crippen molar-refractivity contribution >= 4 is 5.69 Å². The summed E-state index contributed by atoms with van der Waals surface area (Å²) in [6, 6.07) is 2.10. The summed E-state index contributed by atoms with van der Waals surface area (Å²) < 4.78 is 29.2. The second-order valence-electron chi connectivity index (χ2n) is 10.9. The smallest absolute Gasteiger partial charge is 0.269 e. The minimum absolute atomic E-state index is 0.160. The van der Waals surface area contributed by atoms with Crippen LogP contribution in [0.5, 0.6) is 0 Å². The predicted molar refractivity (Wildman–Crippen MR) is 156 cm³/mol. The molecule has 0 radical (unpaired) electrons. The zero-order valence-corrected chi connectivity index (χ0v) is 24.8. The highest BCUT2D eigenvalue weighted by atomic mass is 16.8. The lowest BCUT2D eigenvalue weighted by Crippen LogP contribution is -2.58. The number of nitro benzene ring substituents is 1. The molecule has 2 aliphatic heterocycles. The molecule has 2 heterocycles. The van der Waals surface area contributed by atoms with E-state index in [1.54, 1.807) is 0 Å². The second kappa shape index (κ2) is 17.1. The zero-order chi connectivity index (χ0) is 34.8. The predicted octanol–water partition coefficient (Wildman–Crippen LogP) is 1.92. The first-order chi connectivity index (χ1) is 23.1. The maximum absolute atomic E-state index is 11.3. The second-order valence-corrected chi connectivity index (χ2v) is 10.9. The average molecular weight is 678 g/mol. The number of aliphatic hydroxyl groups excluding tert-OH is 4. The van der Waals surface area contributed by atoms with Gasteiger partial charge in [-0.05, 0) is 40.5 Å². The number of azide groups is 4. The quantitative estimate of drug-likeness (QED) is 0.0724. The SMILES string of the molecule is [N-]=[N+]=NC[C@@H]1OC(O[C@H]2[C@@H](O)[C@H](O[C@H]3[C@H](O)C(N=[N+]=[N-])CC(N=[N+]=[N-])[C@@H]3OCc3cccc([N+](=O)[O-])c3)O[C@@H]2CO)C(N=[N+]=[N-])C[C@@H]1O. The van der Waals surface area contributed by atoms with Crippen molar-refractivity contribution in [1.29, 1.82) is 0 Å². The van der Waals surface area contributed by atoms with E-state index in [9.17, 15) is 36.1 Å². The van der Waals surface area contributed by atoms with Gasteiger partial charge in [-0.15, -0.1) is 0 Å². The molecular weight excluding hydrogens is 646 g/mol. The molecule has 24 nitrogen and oxygen atoms in total. The van der Waals surface area contributed by atoms with Gasteiger partial charge in [0.2, 0.25) is 0 Å². The fourth-order valence-corrected chi connectivity index (χ4v) is 5.71. The molecule has 0 bridgehead atoms. The number of nitro groups is 1. The summed E-state index contributed by atoms with van der Waals surface area (Å²) in [6.07, 6.45) is -14.5. The van der Waals surface area contributed by atoms with Crippen molar-refractivity contribution in [2.75, 3.05) is 13.2 Å². The third-order valence-electron chi connectivity index (χ3n) is 7.99. The Hall–Kier alpha value is -4.50. The largest absolute Gasteiger partial charge is 0.394 e. The molecule has 1 aliphatic carbocycles. The molecule has 4 N–H and O–H groups in total. The van der Waals surface area contributed by atoms with Crippen molar-refractivity contribution in [2.24, 2.45) is 20.5 Å². The maximum Gasteiger partial charge on any atom is 0.269 e. The van der Waals surface area contributed by atoms with Gasteiger partial charge in [0.1, 0.15) is 24.4 Å². The molecule has 2 saturated heterocycles. The first-order valence-corrected chi connectivity index (χ1v) is 14.4. The van der Waals surface area contributed by atoms with Gasteiger partial charge in [0.25, 0.3) is 5.69 Å². The number of non-ortho nitro benzene ring substituents is 1. The van der Waals surface area contributed by atoms with Crippen LogP contribution in [0.15, 0.2) is 44.7 Å². The van der Waals surface area contributed by atoms with Crippen LogP contribution in [0.25, 0.3) is 41.8 Å². The van der Waals surface area contributed by atoms with Gasteiger partial charge in [0.05, 0.1) is 67.2 Å². The normalized spacial score (nSPS) is 36.0. The molecule has 48 heavy (non-hydrogen) atoms. The molecule has 258 valence electrons. The average Bonchev–Trinajstić information content (AvgIpc) is 3.37. The summed E-state index contributed by atoms with van der Waals surface area (Å²) in [4.78, 5) is 21.5. The first kappa shape index (κ1) is 36.3. The molecule has 1 aromatic rings. The Morgan fingerprint density at radius 2 is 1.52 bits per heavy atom. The number of aliphatic hydroxyl groups is 4. The number of hydrogen-bond acceptors (Lipinski definition) is 15. The van der Waals surface area contributed by atoms with E-state index in [1.807, 2.05) is 0 Å². The van der Waals surface area contributed by atoms with Gasteiger partial charge in [-0.3, -0.25) is 10.1 Å². The highest BCUT2D eigenvalue weighted by Gasteiger charge is 2.53. The van der Waals surface area contributed by atoms with Crippen molar-refractivity contribution in [3.05, 3.63) is 81.7 Å². The van der Waals surface area contributed by atoms with Crippen LogP contribution in [-0.4, -0.2) is 118 Å². The van der Waals surface area contributed by atoms with Crippen molar-refractivity contribution < 1.29 is 49.0 Å². The van der Waals surface area contributed by atoms with Crippen LogP contribution in [0.1, 0.15) is 18.4 Å². The number of nitrogens with zero attached hydrogens (tertiary/aromatic N) is 13. The Balaban J connectivity index is 1.58. The number of ether oxygens (including phenoxy) is 5. The lowest BCUT2D eigenvalue weighted by molar-refractivity contribution is -0.385. The molecule has 24 heteroatoms. The third kappa shape index (κ3) is 8.50. The van der Waals surface area contributed by atoms with Crippen LogP contribution >= 0.6 is 0 Å². The minimum Gasteiger partial charge on any atom is -0.394 e. The molecule has 13 atom stereocenters. The Labute approximate surface area is 269 Å². The van der Waals surface area contributed by atoms with Crippen LogP contribution in [-0.2, 0) is 30.3 Å². The molecule has 0 amide bonds. The van der Waals surface area contributed by atoms with E-state index < -0.39 is 91.1 Å². The topological polar surface area (TPSA) is 365 Å². The number of benzene rings is 1. The van der Waals surface area contributed by atoms with Crippen LogP contribution in [0.3, 0.4) is 0 Å². The van der Waals surface area contributed by atoms with Crippen LogP contribution in [0, 0.1) is 10.1 Å². The van der Waals surface area contributed by atoms with Gasteiger partial charge in [-0.2, -0.15) is 0 Å². The molecule has 4 unspecified atom stereocenters. The van der Waals surface area contributed by atoms with Crippen LogP contribution in [0.4, 0.5) is 5.69 Å². The van der Waals surface area contributed by atoms with Crippen molar-refractivity contribution in [1.82, 2.24) is 0 Å². The summed E-state index contributed by atoms with van der Waals surface area (Å²) in [5.74, 6) is 0. The maximum atomic E-state index is 11.3. The van der Waals surface area contributed by atoms with Crippen molar-refractivity contribution in [2.45, 2.75) is 99.0 Å². The van der Waals surface area contributed by atoms with E-state index in [0.29, 0.717) is 5.56 Å². The van der Waals surface area contributed by atoms with Crippen molar-refractivity contribution in [3.8, 4) is 0 Å². The van der Waals surface area contributed by atoms with Gasteiger partial charge in [0, 0.05) is 31.8 Å². The number of rotatable bonds is 14. The van der Waals surface area contributed by atoms with Gasteiger partial charge in [-0.25, -0.2) is 0 Å². The van der Waals surface area contributed by atoms with Gasteiger partial charge in [0.15, 0.2) is 12.6 Å². The molecule has 3 aliphatic rings. The monoisotopic (exact) mass is 677 g/mol. The molecule has 1 aromatic carbocycles. The lowest BCUT2D eigenvalue weighted by atomic mass is 9.84. The molecule has 3 fully saturated rings. The van der Waals surface area contributed by atoms with Gasteiger partial charge < -0.3 is 44.1 Å². The van der Waals surface area contributed by atoms with E-state index >= 15 is 0 Å². The molecule has 0 aromatic heterocycles. The molecule has 0 spiro atoms. The fourth-order valence-electron chi connectivity index (χ4n) is 5.71. The molecule has 4 rings (SSSR count). The lowest BCUT2D eigenvalue weighted by Gasteiger charge is -2.42. The van der Waals surface area contributed by atoms with Crippen LogP contribution in [0.2, 0.25) is 0 Å². The summed E-state index contributed by atoms with van der Waals surface area (Å²) in [5.41, 5.74) is 36.2. The van der Waals surface area contributed by atoms with E-state index in [-0.39, 0.29) is 31.7 Å². The highest BCUT2D eigenvalue weighted by Crippen LogP contribution is 2.36. The van der Waals surface area contributed by atoms with Gasteiger partial charge in [-0.1, -0.05) is 32.6 Å². The minimum atomic E-state index is -1.72. The Morgan fingerprint density at radius 1 is 0.854 bits per heavy atom. The Kier molecular flexibility index (Phi) is 12.9. The summed E-state index contributed by atoms with van der Waals surface area (Å²) >= 11 is 0. The van der Waals surface area contributed by atoms with E-state index in [4.69, 9.17) is 40.3 Å². The van der Waals surface area contributed by atoms with Gasteiger partial charge >= 0.3 is 0 Å². The molecular formula is C24H31N13O11. The summed E-state index contributed by atoms with van der Waals surface area (Å²) in [6.45, 7) is -1.30. The first-order valence-electron chi connectivity index (χ1n) is 14.4. The van der Waals surface area contributed by atoms with Crippen LogP contribution < -0.4 is 0 Å². The highest BCUT2D eigenvalue weighted by molar-refractivity contribution is 5.33. The summed E-state index contributed by atoms with van der Waals surface area (Å²) in [7, 11) is 0. The Morgan fingerprint density at radius 3 is 2.19 bits per heavy atom.